The van der Waals surface area contributed by atoms with E-state index in [2.05, 4.69) is 29.4 Å². The van der Waals surface area contributed by atoms with Crippen molar-refractivity contribution in [1.82, 2.24) is 9.78 Å². The van der Waals surface area contributed by atoms with Gasteiger partial charge in [0.05, 0.1) is 6.54 Å². The molecule has 0 amide bonds. The Morgan fingerprint density at radius 2 is 1.89 bits per heavy atom. The summed E-state index contributed by atoms with van der Waals surface area (Å²) in [6.45, 7) is 0.665. The van der Waals surface area contributed by atoms with Gasteiger partial charge in [-0.15, -0.1) is 0 Å². The second-order valence-electron chi connectivity index (χ2n) is 4.20. The lowest BCUT2D eigenvalue weighted by atomic mass is 10.0. The Morgan fingerprint density at radius 1 is 1.11 bits per heavy atom. The maximum atomic E-state index is 5.91. The molecule has 1 aromatic heterocycles. The first-order chi connectivity index (χ1) is 8.74. The molecule has 2 aromatic carbocycles. The number of nitrogen functional groups attached to an aromatic ring is 1. The van der Waals surface area contributed by atoms with Gasteiger partial charge in [0, 0.05) is 6.20 Å². The molecule has 0 unspecified atom stereocenters. The average Bonchev–Trinajstić information content (AvgIpc) is 2.69. The first-order valence-electron chi connectivity index (χ1n) is 5.69. The topological polar surface area (TPSA) is 43.8 Å². The molecule has 0 spiro atoms. The van der Waals surface area contributed by atoms with E-state index in [0.29, 0.717) is 17.4 Å². The Hall–Kier alpha value is -2.00. The van der Waals surface area contributed by atoms with Crippen LogP contribution in [0.4, 0.5) is 5.82 Å². The van der Waals surface area contributed by atoms with Gasteiger partial charge in [0.25, 0.3) is 0 Å². The zero-order valence-electron chi connectivity index (χ0n) is 9.68. The summed E-state index contributed by atoms with van der Waals surface area (Å²) in [5.74, 6) is 0.372. The molecular formula is C14H12ClN3. The van der Waals surface area contributed by atoms with Crippen LogP contribution >= 0.6 is 11.6 Å². The van der Waals surface area contributed by atoms with E-state index in [1.165, 1.54) is 16.3 Å². The second-order valence-corrected chi connectivity index (χ2v) is 4.61. The van der Waals surface area contributed by atoms with Crippen molar-refractivity contribution in [3.05, 3.63) is 59.2 Å². The highest BCUT2D eigenvalue weighted by Crippen LogP contribution is 2.21. The third kappa shape index (κ3) is 1.93. The van der Waals surface area contributed by atoms with Gasteiger partial charge in [0.15, 0.2) is 5.82 Å². The number of nitrogens with two attached hydrogens (primary N) is 1. The van der Waals surface area contributed by atoms with E-state index in [9.17, 15) is 0 Å². The summed E-state index contributed by atoms with van der Waals surface area (Å²) in [7, 11) is 0. The Bertz CT molecular complexity index is 678. The minimum atomic E-state index is 0.372. The molecule has 1 heterocycles. The number of benzene rings is 2. The first-order valence-corrected chi connectivity index (χ1v) is 6.07. The lowest BCUT2D eigenvalue weighted by molar-refractivity contribution is 0.693. The normalized spacial score (nSPS) is 10.9. The summed E-state index contributed by atoms with van der Waals surface area (Å²) in [4.78, 5) is 0. The number of hydrogen-bond acceptors (Lipinski definition) is 2. The van der Waals surface area contributed by atoms with Crippen molar-refractivity contribution in [3.8, 4) is 0 Å². The Labute approximate surface area is 110 Å². The minimum absolute atomic E-state index is 0.372. The van der Waals surface area contributed by atoms with Crippen molar-refractivity contribution in [2.75, 3.05) is 5.73 Å². The zero-order valence-corrected chi connectivity index (χ0v) is 10.4. The number of aromatic nitrogens is 2. The molecule has 0 saturated heterocycles. The van der Waals surface area contributed by atoms with Gasteiger partial charge < -0.3 is 5.73 Å². The maximum absolute atomic E-state index is 5.91. The number of nitrogens with zero attached hydrogens (tertiary/aromatic N) is 2. The number of hydrogen-bond donors (Lipinski definition) is 1. The second kappa shape index (κ2) is 4.35. The van der Waals surface area contributed by atoms with Crippen molar-refractivity contribution in [2.45, 2.75) is 6.54 Å². The molecular weight excluding hydrogens is 246 g/mol. The Morgan fingerprint density at radius 3 is 2.67 bits per heavy atom. The highest BCUT2D eigenvalue weighted by Gasteiger charge is 2.05. The standard InChI is InChI=1S/C14H12ClN3/c15-13-9-18(17-14(13)16)8-11-6-3-5-10-4-1-2-7-12(10)11/h1-7,9H,8H2,(H2,16,17). The molecule has 0 aliphatic rings. The fourth-order valence-electron chi connectivity index (χ4n) is 2.10. The molecule has 0 fully saturated rings. The van der Waals surface area contributed by atoms with Crippen LogP contribution in [0.25, 0.3) is 10.8 Å². The van der Waals surface area contributed by atoms with E-state index in [-0.39, 0.29) is 0 Å². The smallest absolute Gasteiger partial charge is 0.164 e. The van der Waals surface area contributed by atoms with Gasteiger partial charge in [-0.1, -0.05) is 54.1 Å². The molecule has 0 bridgehead atoms. The van der Waals surface area contributed by atoms with Crippen molar-refractivity contribution < 1.29 is 0 Å². The van der Waals surface area contributed by atoms with E-state index < -0.39 is 0 Å². The van der Waals surface area contributed by atoms with E-state index in [4.69, 9.17) is 17.3 Å². The summed E-state index contributed by atoms with van der Waals surface area (Å²) in [5.41, 5.74) is 6.84. The fraction of sp³-hybridized carbons (Fsp3) is 0.0714. The monoisotopic (exact) mass is 257 g/mol. The fourth-order valence-corrected chi connectivity index (χ4v) is 2.25. The van der Waals surface area contributed by atoms with Crippen LogP contribution in [0.5, 0.6) is 0 Å². The molecule has 3 rings (SSSR count). The number of fused-ring (bicyclic) bond motifs is 1. The number of rotatable bonds is 2. The summed E-state index contributed by atoms with van der Waals surface area (Å²) in [6.07, 6.45) is 1.75. The lowest BCUT2D eigenvalue weighted by Gasteiger charge is -2.06. The molecule has 0 radical (unpaired) electrons. The van der Waals surface area contributed by atoms with Crippen LogP contribution in [0.2, 0.25) is 5.02 Å². The summed E-state index contributed by atoms with van der Waals surface area (Å²) in [5, 5.41) is 7.12. The molecule has 18 heavy (non-hydrogen) atoms. The summed E-state index contributed by atoms with van der Waals surface area (Å²) in [6, 6.07) is 14.5. The third-order valence-electron chi connectivity index (χ3n) is 2.96. The predicted molar refractivity (Wildman–Crippen MR) is 74.7 cm³/mol. The first kappa shape index (κ1) is 11.1. The van der Waals surface area contributed by atoms with E-state index in [0.717, 1.165) is 0 Å². The van der Waals surface area contributed by atoms with Crippen molar-refractivity contribution in [1.29, 1.82) is 0 Å². The number of anilines is 1. The van der Waals surface area contributed by atoms with Crippen LogP contribution in [-0.4, -0.2) is 9.78 Å². The average molecular weight is 258 g/mol. The lowest BCUT2D eigenvalue weighted by Crippen LogP contribution is -2.01. The quantitative estimate of drug-likeness (QED) is 0.765. The van der Waals surface area contributed by atoms with Crippen molar-refractivity contribution >= 4 is 28.2 Å². The highest BCUT2D eigenvalue weighted by atomic mass is 35.5. The maximum Gasteiger partial charge on any atom is 0.164 e. The molecule has 0 saturated carbocycles. The molecule has 0 aliphatic heterocycles. The largest absolute Gasteiger partial charge is 0.381 e. The predicted octanol–water partition coefficient (Wildman–Crippen LogP) is 3.32. The van der Waals surface area contributed by atoms with E-state index in [1.54, 1.807) is 10.9 Å². The van der Waals surface area contributed by atoms with Crippen LogP contribution in [-0.2, 0) is 6.54 Å². The Kier molecular flexibility index (Phi) is 2.68. The van der Waals surface area contributed by atoms with Crippen molar-refractivity contribution in [2.24, 2.45) is 0 Å². The van der Waals surface area contributed by atoms with Crippen LogP contribution in [0.1, 0.15) is 5.56 Å². The van der Waals surface area contributed by atoms with Gasteiger partial charge in [-0.2, -0.15) is 5.10 Å². The SMILES string of the molecule is Nc1nn(Cc2cccc3ccccc23)cc1Cl. The molecule has 4 heteroatoms. The van der Waals surface area contributed by atoms with Gasteiger partial charge in [-0.25, -0.2) is 0 Å². The van der Waals surface area contributed by atoms with Crippen LogP contribution in [0.3, 0.4) is 0 Å². The molecule has 90 valence electrons. The molecule has 3 nitrogen and oxygen atoms in total. The Balaban J connectivity index is 2.04. The van der Waals surface area contributed by atoms with Gasteiger partial charge in [-0.3, -0.25) is 4.68 Å². The molecule has 0 atom stereocenters. The minimum Gasteiger partial charge on any atom is -0.381 e. The van der Waals surface area contributed by atoms with Crippen LogP contribution < -0.4 is 5.73 Å². The van der Waals surface area contributed by atoms with Gasteiger partial charge in [0.1, 0.15) is 5.02 Å². The molecule has 2 N–H and O–H groups in total. The van der Waals surface area contributed by atoms with E-state index in [1.807, 2.05) is 18.2 Å². The van der Waals surface area contributed by atoms with Gasteiger partial charge in [0.2, 0.25) is 0 Å². The zero-order chi connectivity index (χ0) is 12.5. The van der Waals surface area contributed by atoms with Crippen LogP contribution in [0, 0.1) is 0 Å². The van der Waals surface area contributed by atoms with Crippen LogP contribution in [0.15, 0.2) is 48.7 Å². The summed E-state index contributed by atoms with van der Waals surface area (Å²) >= 11 is 5.91. The summed E-state index contributed by atoms with van der Waals surface area (Å²) < 4.78 is 1.76. The van der Waals surface area contributed by atoms with Crippen molar-refractivity contribution in [3.63, 3.8) is 0 Å². The molecule has 3 aromatic rings. The number of halogens is 1. The highest BCUT2D eigenvalue weighted by molar-refractivity contribution is 6.32. The van der Waals surface area contributed by atoms with Gasteiger partial charge >= 0.3 is 0 Å². The molecule has 0 aliphatic carbocycles. The van der Waals surface area contributed by atoms with E-state index >= 15 is 0 Å². The van der Waals surface area contributed by atoms with Gasteiger partial charge in [-0.05, 0) is 16.3 Å². The third-order valence-corrected chi connectivity index (χ3v) is 3.25.